The van der Waals surface area contributed by atoms with E-state index < -0.39 is 106 Å². The van der Waals surface area contributed by atoms with E-state index in [0.717, 1.165) is 0 Å². The molecule has 0 aliphatic heterocycles. The van der Waals surface area contributed by atoms with E-state index in [-0.39, 0.29) is 52.9 Å². The van der Waals surface area contributed by atoms with Gasteiger partial charge in [-0.3, -0.25) is 0 Å². The first kappa shape index (κ1) is 40.4. The van der Waals surface area contributed by atoms with Crippen molar-refractivity contribution in [2.24, 2.45) is 27.1 Å². The summed E-state index contributed by atoms with van der Waals surface area (Å²) in [4.78, 5) is 0. The lowest BCUT2D eigenvalue weighted by atomic mass is 9.89. The lowest BCUT2D eigenvalue weighted by Crippen LogP contribution is -2.47. The number of ether oxygens (including phenoxy) is 4. The summed E-state index contributed by atoms with van der Waals surface area (Å²) in [7, 11) is 0. The zero-order valence-electron chi connectivity index (χ0n) is 23.6. The predicted octanol–water partition coefficient (Wildman–Crippen LogP) is -6.11. The van der Waals surface area contributed by atoms with Gasteiger partial charge in [0.2, 0.25) is 0 Å². The van der Waals surface area contributed by atoms with Crippen molar-refractivity contribution < 1.29 is 80.2 Å². The van der Waals surface area contributed by atoms with Crippen LogP contribution >= 0.6 is 0 Å². The second-order valence-corrected chi connectivity index (χ2v) is 11.4. The van der Waals surface area contributed by atoms with Crippen molar-refractivity contribution in [1.29, 1.82) is 0 Å². The highest BCUT2D eigenvalue weighted by molar-refractivity contribution is 4.84. The number of aliphatic hydroxyl groups is 12. The van der Waals surface area contributed by atoms with E-state index in [0.29, 0.717) is 0 Å². The summed E-state index contributed by atoms with van der Waals surface area (Å²) in [5.41, 5.74) is -6.68. The highest BCUT2D eigenvalue weighted by Crippen LogP contribution is 2.26. The van der Waals surface area contributed by atoms with Crippen molar-refractivity contribution in [2.75, 3.05) is 132 Å². The highest BCUT2D eigenvalue weighted by Gasteiger charge is 2.38. The minimum absolute atomic E-state index is 0.272. The highest BCUT2D eigenvalue weighted by atomic mass is 16.5. The molecule has 0 saturated heterocycles. The Balaban J connectivity index is 5.16. The zero-order valence-corrected chi connectivity index (χ0v) is 23.6. The molecule has 16 heteroatoms. The SMILES string of the molecule is OCC(CO)(CO)COCC(CO)(CO)COCC(CO)(CO)COCC(CO)(CO)COCC(CO)(CO)CO. The summed E-state index contributed by atoms with van der Waals surface area (Å²) in [5, 5.41) is 116. The van der Waals surface area contributed by atoms with Crippen LogP contribution in [0, 0.1) is 27.1 Å². The Labute approximate surface area is 239 Å². The summed E-state index contributed by atoms with van der Waals surface area (Å²) >= 11 is 0. The van der Waals surface area contributed by atoms with Crippen molar-refractivity contribution in [2.45, 2.75) is 0 Å². The van der Waals surface area contributed by atoms with Crippen molar-refractivity contribution in [3.63, 3.8) is 0 Å². The maximum Gasteiger partial charge on any atom is 0.0632 e. The van der Waals surface area contributed by atoms with Gasteiger partial charge in [0, 0.05) is 0 Å². The molecule has 0 radical (unpaired) electrons. The Morgan fingerprint density at radius 2 is 0.341 bits per heavy atom. The average molecular weight is 609 g/mol. The molecule has 0 rings (SSSR count). The number of rotatable bonds is 28. The number of hydrogen-bond donors (Lipinski definition) is 12. The molecule has 0 aromatic heterocycles. The minimum Gasteiger partial charge on any atom is -0.396 e. The van der Waals surface area contributed by atoms with E-state index in [1.54, 1.807) is 0 Å². The third-order valence-corrected chi connectivity index (χ3v) is 7.29. The van der Waals surface area contributed by atoms with Gasteiger partial charge >= 0.3 is 0 Å². The molecule has 0 amide bonds. The lowest BCUT2D eigenvalue weighted by Gasteiger charge is -2.36. The van der Waals surface area contributed by atoms with Gasteiger partial charge in [-0.05, 0) is 0 Å². The van der Waals surface area contributed by atoms with Crippen LogP contribution in [0.1, 0.15) is 0 Å². The van der Waals surface area contributed by atoms with Crippen LogP contribution in [-0.2, 0) is 18.9 Å². The summed E-state index contributed by atoms with van der Waals surface area (Å²) in [6, 6.07) is 0. The van der Waals surface area contributed by atoms with Gasteiger partial charge < -0.3 is 80.2 Å². The summed E-state index contributed by atoms with van der Waals surface area (Å²) in [6.07, 6.45) is 0. The molecule has 0 fully saturated rings. The van der Waals surface area contributed by atoms with Crippen molar-refractivity contribution >= 4 is 0 Å². The van der Waals surface area contributed by atoms with Crippen LogP contribution in [0.5, 0.6) is 0 Å². The molecule has 41 heavy (non-hydrogen) atoms. The lowest BCUT2D eigenvalue weighted by molar-refractivity contribution is -0.144. The molecule has 0 heterocycles. The molecule has 0 atom stereocenters. The van der Waals surface area contributed by atoms with Gasteiger partial charge in [-0.15, -0.1) is 0 Å². The Kier molecular flexibility index (Phi) is 20.0. The van der Waals surface area contributed by atoms with E-state index >= 15 is 0 Å². The molecule has 0 bridgehead atoms. The fraction of sp³-hybridized carbons (Fsp3) is 1.00. The molecule has 0 spiro atoms. The first-order chi connectivity index (χ1) is 19.6. The first-order valence-electron chi connectivity index (χ1n) is 13.2. The topological polar surface area (TPSA) is 280 Å². The third-order valence-electron chi connectivity index (χ3n) is 7.29. The van der Waals surface area contributed by atoms with E-state index in [1.165, 1.54) is 0 Å². The van der Waals surface area contributed by atoms with Gasteiger partial charge in [0.05, 0.1) is 159 Å². The first-order valence-corrected chi connectivity index (χ1v) is 13.2. The van der Waals surface area contributed by atoms with E-state index in [9.17, 15) is 61.3 Å². The monoisotopic (exact) mass is 608 g/mol. The molecule has 0 aliphatic carbocycles. The predicted molar refractivity (Wildman–Crippen MR) is 140 cm³/mol. The third kappa shape index (κ3) is 12.1. The molecule has 0 unspecified atom stereocenters. The fourth-order valence-electron chi connectivity index (χ4n) is 3.33. The van der Waals surface area contributed by atoms with Gasteiger partial charge in [-0.2, -0.15) is 0 Å². The number of aliphatic hydroxyl groups excluding tert-OH is 12. The molecule has 0 saturated carbocycles. The summed E-state index contributed by atoms with van der Waals surface area (Å²) in [5.74, 6) is 0. The average Bonchev–Trinajstić information content (AvgIpc) is 3.03. The Morgan fingerprint density at radius 3 is 0.463 bits per heavy atom. The molecule has 0 aromatic rings. The standard InChI is InChI=1S/C25H52O16/c26-1-21(2-27,3-28)13-38-15-23(7-32,8-33)17-40-19-25(11-36,12-37)20-41-18-24(9-34,10-35)16-39-14-22(4-29,5-30)6-31/h26-37H,1-20H2. The Hall–Kier alpha value is -0.640. The van der Waals surface area contributed by atoms with Crippen LogP contribution < -0.4 is 0 Å². The maximum atomic E-state index is 9.98. The fourth-order valence-corrected chi connectivity index (χ4v) is 3.33. The smallest absolute Gasteiger partial charge is 0.0632 e. The molecule has 0 aliphatic rings. The van der Waals surface area contributed by atoms with Crippen LogP contribution in [0.25, 0.3) is 0 Å². The molecule has 16 nitrogen and oxygen atoms in total. The van der Waals surface area contributed by atoms with Crippen LogP contribution in [0.4, 0.5) is 0 Å². The van der Waals surface area contributed by atoms with Crippen LogP contribution in [-0.4, -0.2) is 193 Å². The van der Waals surface area contributed by atoms with Crippen molar-refractivity contribution in [1.82, 2.24) is 0 Å². The quantitative estimate of drug-likeness (QED) is 0.0394. The van der Waals surface area contributed by atoms with E-state index in [2.05, 4.69) is 0 Å². The van der Waals surface area contributed by atoms with Crippen LogP contribution in [0.15, 0.2) is 0 Å². The molecular weight excluding hydrogens is 556 g/mol. The number of hydrogen-bond acceptors (Lipinski definition) is 16. The second kappa shape index (κ2) is 20.3. The summed E-state index contributed by atoms with van der Waals surface area (Å²) in [6.45, 7) is -9.23. The normalized spacial score (nSPS) is 13.8. The Bertz CT molecular complexity index is 565. The van der Waals surface area contributed by atoms with Crippen LogP contribution in [0.2, 0.25) is 0 Å². The van der Waals surface area contributed by atoms with Crippen molar-refractivity contribution in [3.05, 3.63) is 0 Å². The second-order valence-electron chi connectivity index (χ2n) is 11.4. The summed E-state index contributed by atoms with van der Waals surface area (Å²) < 4.78 is 22.1. The van der Waals surface area contributed by atoms with E-state index in [1.807, 2.05) is 0 Å². The van der Waals surface area contributed by atoms with Gasteiger partial charge in [0.25, 0.3) is 0 Å². The van der Waals surface area contributed by atoms with Crippen LogP contribution in [0.3, 0.4) is 0 Å². The maximum absolute atomic E-state index is 9.98. The largest absolute Gasteiger partial charge is 0.396 e. The Morgan fingerprint density at radius 1 is 0.220 bits per heavy atom. The molecule has 12 N–H and O–H groups in total. The molecule has 248 valence electrons. The van der Waals surface area contributed by atoms with Gasteiger partial charge in [-0.1, -0.05) is 0 Å². The molecule has 0 aromatic carbocycles. The van der Waals surface area contributed by atoms with Crippen molar-refractivity contribution in [3.8, 4) is 0 Å². The van der Waals surface area contributed by atoms with Gasteiger partial charge in [0.15, 0.2) is 0 Å². The zero-order chi connectivity index (χ0) is 31.5. The van der Waals surface area contributed by atoms with Gasteiger partial charge in [-0.25, -0.2) is 0 Å². The van der Waals surface area contributed by atoms with E-state index in [4.69, 9.17) is 18.9 Å². The van der Waals surface area contributed by atoms with Gasteiger partial charge in [0.1, 0.15) is 0 Å². The minimum atomic E-state index is -1.37. The molecular formula is C25H52O16.